The van der Waals surface area contributed by atoms with Crippen molar-refractivity contribution in [1.29, 1.82) is 0 Å². The molecule has 1 heterocycles. The third-order valence-electron chi connectivity index (χ3n) is 5.35. The zero-order valence-corrected chi connectivity index (χ0v) is 18.8. The lowest BCUT2D eigenvalue weighted by Gasteiger charge is -2.28. The maximum absolute atomic E-state index is 13.8. The van der Waals surface area contributed by atoms with Crippen LogP contribution in [-0.4, -0.2) is 47.0 Å². The monoisotopic (exact) mass is 447 g/mol. The van der Waals surface area contributed by atoms with Gasteiger partial charge in [-0.25, -0.2) is 13.6 Å². The van der Waals surface area contributed by atoms with Crippen molar-refractivity contribution in [3.63, 3.8) is 0 Å². The number of amides is 1. The van der Waals surface area contributed by atoms with E-state index in [1.807, 2.05) is 0 Å². The summed E-state index contributed by atoms with van der Waals surface area (Å²) in [5.41, 5.74) is 1.07. The Balaban J connectivity index is 1.58. The Morgan fingerprint density at radius 1 is 1.09 bits per heavy atom. The topological polar surface area (TPSA) is 59.0 Å². The lowest BCUT2D eigenvalue weighted by atomic mass is 10.0. The Kier molecular flexibility index (Phi) is 7.72. The summed E-state index contributed by atoms with van der Waals surface area (Å²) in [4.78, 5) is 14.0. The van der Waals surface area contributed by atoms with E-state index in [4.69, 9.17) is 9.47 Å². The van der Waals surface area contributed by atoms with E-state index in [2.05, 4.69) is 0 Å². The molecule has 1 aliphatic heterocycles. The van der Waals surface area contributed by atoms with Crippen LogP contribution in [0.25, 0.3) is 0 Å². The Morgan fingerprint density at radius 3 is 2.47 bits per heavy atom. The molecule has 174 valence electrons. The fourth-order valence-electron chi connectivity index (χ4n) is 3.83. The molecule has 1 aliphatic rings. The number of ether oxygens (including phenoxy) is 2. The number of β-amino-alcohol motifs (C(OH)–C–C–N with tert-alkyl or cyclic N) is 1. The number of rotatable bonds is 7. The van der Waals surface area contributed by atoms with Crippen molar-refractivity contribution >= 4 is 6.09 Å². The second kappa shape index (κ2) is 10.3. The Bertz CT molecular complexity index is 911. The molecule has 1 N–H and O–H groups in total. The number of nitrogens with zero attached hydrogens (tertiary/aromatic N) is 1. The molecule has 0 bridgehead atoms. The number of carbonyl (C=O) groups is 1. The van der Waals surface area contributed by atoms with Gasteiger partial charge in [0.1, 0.15) is 23.0 Å². The van der Waals surface area contributed by atoms with Gasteiger partial charge in [0.2, 0.25) is 0 Å². The number of benzene rings is 2. The third kappa shape index (κ3) is 6.92. The van der Waals surface area contributed by atoms with E-state index >= 15 is 0 Å². The largest absolute Gasteiger partial charge is 0.493 e. The molecule has 0 spiro atoms. The van der Waals surface area contributed by atoms with E-state index in [1.54, 1.807) is 43.9 Å². The highest BCUT2D eigenvalue weighted by atomic mass is 19.1. The summed E-state index contributed by atoms with van der Waals surface area (Å²) in [7, 11) is 0. The predicted molar refractivity (Wildman–Crippen MR) is 118 cm³/mol. The predicted octanol–water partition coefficient (Wildman–Crippen LogP) is 4.89. The number of halogens is 2. The molecule has 0 radical (unpaired) electrons. The molecule has 0 unspecified atom stereocenters. The second-order valence-electron chi connectivity index (χ2n) is 9.19. The maximum atomic E-state index is 13.8. The molecule has 2 aromatic rings. The summed E-state index contributed by atoms with van der Waals surface area (Å²) >= 11 is 0. The minimum absolute atomic E-state index is 0.192. The van der Waals surface area contributed by atoms with Crippen LogP contribution in [0.15, 0.2) is 42.5 Å². The molecule has 2 atom stereocenters. The first-order valence-electron chi connectivity index (χ1n) is 10.9. The quantitative estimate of drug-likeness (QED) is 0.657. The molecule has 0 saturated carbocycles. The van der Waals surface area contributed by atoms with E-state index < -0.39 is 17.8 Å². The molecule has 1 fully saturated rings. The van der Waals surface area contributed by atoms with Gasteiger partial charge in [0, 0.05) is 12.5 Å². The lowest BCUT2D eigenvalue weighted by molar-refractivity contribution is 0.0195. The fourth-order valence-corrected chi connectivity index (χ4v) is 3.83. The van der Waals surface area contributed by atoms with Gasteiger partial charge in [-0.2, -0.15) is 0 Å². The van der Waals surface area contributed by atoms with Crippen molar-refractivity contribution in [1.82, 2.24) is 4.90 Å². The van der Waals surface area contributed by atoms with E-state index in [1.165, 1.54) is 24.3 Å². The normalized spacial score (nSPS) is 18.6. The van der Waals surface area contributed by atoms with E-state index in [0.29, 0.717) is 38.0 Å². The summed E-state index contributed by atoms with van der Waals surface area (Å²) < 4.78 is 38.3. The van der Waals surface area contributed by atoms with Gasteiger partial charge < -0.3 is 19.5 Å². The zero-order valence-electron chi connectivity index (χ0n) is 18.8. The van der Waals surface area contributed by atoms with Crippen LogP contribution >= 0.6 is 0 Å². The molecule has 7 heteroatoms. The number of aliphatic hydroxyl groups excluding tert-OH is 1. The zero-order chi connectivity index (χ0) is 23.3. The molecule has 2 aromatic carbocycles. The first-order chi connectivity index (χ1) is 15.1. The number of hydrogen-bond donors (Lipinski definition) is 1. The average Bonchev–Trinajstić information content (AvgIpc) is 3.08. The Labute approximate surface area is 188 Å². The number of carbonyl (C=O) groups excluding carboxylic acids is 1. The smallest absolute Gasteiger partial charge is 0.410 e. The molecule has 0 aromatic heterocycles. The van der Waals surface area contributed by atoms with Crippen LogP contribution in [-0.2, 0) is 17.6 Å². The highest BCUT2D eigenvalue weighted by Crippen LogP contribution is 2.26. The van der Waals surface area contributed by atoms with E-state index in [9.17, 15) is 18.7 Å². The number of likely N-dealkylation sites (tertiary alicyclic amines) is 1. The highest BCUT2D eigenvalue weighted by Gasteiger charge is 2.36. The van der Waals surface area contributed by atoms with Crippen LogP contribution in [0, 0.1) is 11.6 Å². The summed E-state index contributed by atoms with van der Waals surface area (Å²) in [5.74, 6) is -0.0571. The molecular weight excluding hydrogens is 416 g/mol. The number of aryl methyl sites for hydroxylation is 2. The lowest BCUT2D eigenvalue weighted by Crippen LogP contribution is -2.40. The van der Waals surface area contributed by atoms with Crippen LogP contribution in [0.2, 0.25) is 0 Å². The van der Waals surface area contributed by atoms with Gasteiger partial charge >= 0.3 is 6.09 Å². The fraction of sp³-hybridized carbons (Fsp3) is 0.480. The summed E-state index contributed by atoms with van der Waals surface area (Å²) in [5, 5.41) is 10.0. The Hall–Kier alpha value is -2.67. The van der Waals surface area contributed by atoms with Crippen molar-refractivity contribution in [3.8, 4) is 5.75 Å². The minimum atomic E-state index is -0.612. The summed E-state index contributed by atoms with van der Waals surface area (Å²) in [6.45, 7) is 5.96. The van der Waals surface area contributed by atoms with Crippen molar-refractivity contribution in [3.05, 3.63) is 65.2 Å². The SMILES string of the molecule is CC(C)(C)OC(=O)N1C[C@H](O)C[C@H]1CCOc1ccc(F)cc1CCc1ccc(F)cc1. The first-order valence-corrected chi connectivity index (χ1v) is 10.9. The Morgan fingerprint density at radius 2 is 1.78 bits per heavy atom. The molecular formula is C25H31F2NO4. The van der Waals surface area contributed by atoms with E-state index in [0.717, 1.165) is 11.1 Å². The van der Waals surface area contributed by atoms with Crippen molar-refractivity contribution in [2.24, 2.45) is 0 Å². The van der Waals surface area contributed by atoms with Crippen molar-refractivity contribution in [2.75, 3.05) is 13.2 Å². The van der Waals surface area contributed by atoms with Crippen molar-refractivity contribution in [2.45, 2.75) is 64.2 Å². The molecule has 3 rings (SSSR count). The van der Waals surface area contributed by atoms with Crippen LogP contribution in [0.5, 0.6) is 5.75 Å². The van der Waals surface area contributed by atoms with Gasteiger partial charge in [0.15, 0.2) is 0 Å². The van der Waals surface area contributed by atoms with Crippen molar-refractivity contribution < 1.29 is 28.2 Å². The minimum Gasteiger partial charge on any atom is -0.493 e. The summed E-state index contributed by atoms with van der Waals surface area (Å²) in [6, 6.07) is 10.5. The molecule has 1 amide bonds. The standard InChI is InChI=1S/C25H31F2NO4/c1-25(2,3)32-24(30)28-16-22(29)15-21(28)12-13-31-23-11-10-20(27)14-18(23)7-4-17-5-8-19(26)9-6-17/h5-6,8-11,14,21-22,29H,4,7,12-13,15-16H2,1-3H3/t21-,22-/m1/s1. The van der Waals surface area contributed by atoms with Gasteiger partial charge in [-0.1, -0.05) is 12.1 Å². The maximum Gasteiger partial charge on any atom is 0.410 e. The van der Waals surface area contributed by atoms with Crippen LogP contribution < -0.4 is 4.74 Å². The van der Waals surface area contributed by atoms with Crippen LogP contribution in [0.1, 0.15) is 44.7 Å². The molecule has 5 nitrogen and oxygen atoms in total. The molecule has 32 heavy (non-hydrogen) atoms. The second-order valence-corrected chi connectivity index (χ2v) is 9.19. The van der Waals surface area contributed by atoms with Gasteiger partial charge in [-0.05, 0) is 81.5 Å². The highest BCUT2D eigenvalue weighted by molar-refractivity contribution is 5.69. The first kappa shape index (κ1) is 24.0. The number of hydrogen-bond acceptors (Lipinski definition) is 4. The molecule has 1 saturated heterocycles. The van der Waals surface area contributed by atoms with E-state index in [-0.39, 0.29) is 24.2 Å². The van der Waals surface area contributed by atoms with Gasteiger partial charge in [-0.3, -0.25) is 0 Å². The van der Waals surface area contributed by atoms with Crippen LogP contribution in [0.3, 0.4) is 0 Å². The van der Waals surface area contributed by atoms with Gasteiger partial charge in [0.05, 0.1) is 19.3 Å². The average molecular weight is 448 g/mol. The summed E-state index contributed by atoms with van der Waals surface area (Å²) in [6.07, 6.45) is 1.12. The molecule has 0 aliphatic carbocycles. The third-order valence-corrected chi connectivity index (χ3v) is 5.35. The van der Waals surface area contributed by atoms with Crippen LogP contribution in [0.4, 0.5) is 13.6 Å². The van der Waals surface area contributed by atoms with Gasteiger partial charge in [-0.15, -0.1) is 0 Å². The number of aliphatic hydroxyl groups is 1. The van der Waals surface area contributed by atoms with Gasteiger partial charge in [0.25, 0.3) is 0 Å².